The monoisotopic (exact) mass is 440 g/mol. The maximum absolute atomic E-state index is 13.9. The van der Waals surface area contributed by atoms with Crippen LogP contribution in [0.25, 0.3) is 0 Å². The van der Waals surface area contributed by atoms with Crippen molar-refractivity contribution in [3.8, 4) is 11.5 Å². The first kappa shape index (κ1) is 20.8. The molecule has 2 heterocycles. The van der Waals surface area contributed by atoms with Crippen LogP contribution in [0.15, 0.2) is 85.2 Å². The summed E-state index contributed by atoms with van der Waals surface area (Å²) >= 11 is 0. The normalized spacial score (nSPS) is 17.3. The summed E-state index contributed by atoms with van der Waals surface area (Å²) < 4.78 is 12.6. The van der Waals surface area contributed by atoms with Gasteiger partial charge in [0.2, 0.25) is 5.95 Å². The second kappa shape index (κ2) is 8.78. The molecule has 2 atom stereocenters. The fourth-order valence-corrected chi connectivity index (χ4v) is 4.45. The number of rotatable bonds is 5. The molecule has 5 rings (SSSR count). The highest BCUT2D eigenvalue weighted by molar-refractivity contribution is 6.06. The van der Waals surface area contributed by atoms with E-state index in [4.69, 9.17) is 9.47 Å². The molecule has 1 aliphatic heterocycles. The first-order valence-electron chi connectivity index (χ1n) is 10.8. The van der Waals surface area contributed by atoms with Gasteiger partial charge in [-0.1, -0.05) is 60.7 Å². The average Bonchev–Trinajstić information content (AvgIpc) is 3.37. The van der Waals surface area contributed by atoms with Crippen molar-refractivity contribution in [2.75, 3.05) is 19.1 Å². The molecule has 7 nitrogen and oxygen atoms in total. The number of ether oxygens (including phenoxy) is 2. The summed E-state index contributed by atoms with van der Waals surface area (Å²) in [5, 5.41) is 4.50. The van der Waals surface area contributed by atoms with Gasteiger partial charge >= 0.3 is 0 Å². The Morgan fingerprint density at radius 1 is 0.848 bits per heavy atom. The van der Waals surface area contributed by atoms with Crippen LogP contribution < -0.4 is 14.4 Å². The lowest BCUT2D eigenvalue weighted by Crippen LogP contribution is -2.42. The van der Waals surface area contributed by atoms with Crippen molar-refractivity contribution in [1.82, 2.24) is 14.8 Å². The first-order chi connectivity index (χ1) is 16.2. The Hall–Kier alpha value is -4.13. The molecular formula is C26H24N4O3. The molecule has 0 spiro atoms. The fourth-order valence-electron chi connectivity index (χ4n) is 4.45. The van der Waals surface area contributed by atoms with Crippen molar-refractivity contribution >= 4 is 11.9 Å². The Bertz CT molecular complexity index is 1260. The third-order valence-corrected chi connectivity index (χ3v) is 6.04. The summed E-state index contributed by atoms with van der Waals surface area (Å²) in [6.45, 7) is 0. The van der Waals surface area contributed by atoms with Crippen molar-refractivity contribution in [3.05, 3.63) is 102 Å². The van der Waals surface area contributed by atoms with Crippen LogP contribution in [0.2, 0.25) is 0 Å². The molecule has 1 aliphatic rings. The van der Waals surface area contributed by atoms with Crippen LogP contribution in [0, 0.1) is 0 Å². The van der Waals surface area contributed by atoms with Gasteiger partial charge in [-0.05, 0) is 35.7 Å². The van der Waals surface area contributed by atoms with Crippen LogP contribution in [0.3, 0.4) is 0 Å². The van der Waals surface area contributed by atoms with Crippen molar-refractivity contribution in [2.45, 2.75) is 18.5 Å². The van der Waals surface area contributed by atoms with Crippen molar-refractivity contribution < 1.29 is 14.3 Å². The number of aromatic nitrogens is 3. The van der Waals surface area contributed by atoms with E-state index in [0.29, 0.717) is 29.4 Å². The van der Waals surface area contributed by atoms with E-state index in [9.17, 15) is 4.79 Å². The minimum absolute atomic E-state index is 0.0386. The van der Waals surface area contributed by atoms with Gasteiger partial charge in [0.1, 0.15) is 6.33 Å². The maximum Gasteiger partial charge on any atom is 0.261 e. The molecule has 0 unspecified atom stereocenters. The molecule has 7 heteroatoms. The molecule has 0 saturated heterocycles. The molecule has 33 heavy (non-hydrogen) atoms. The molecule has 4 aromatic rings. The number of amides is 1. The number of carbonyl (C=O) groups is 1. The Balaban J connectivity index is 1.63. The minimum Gasteiger partial charge on any atom is -0.493 e. The highest BCUT2D eigenvalue weighted by Crippen LogP contribution is 2.42. The zero-order valence-electron chi connectivity index (χ0n) is 18.5. The van der Waals surface area contributed by atoms with E-state index < -0.39 is 0 Å². The van der Waals surface area contributed by atoms with Gasteiger partial charge in [-0.25, -0.2) is 4.68 Å². The third kappa shape index (κ3) is 3.71. The molecule has 0 aliphatic carbocycles. The lowest BCUT2D eigenvalue weighted by atomic mass is 9.91. The summed E-state index contributed by atoms with van der Waals surface area (Å²) in [5.74, 6) is 1.41. The molecule has 0 saturated carbocycles. The van der Waals surface area contributed by atoms with E-state index >= 15 is 0 Å². The Labute approximate surface area is 192 Å². The van der Waals surface area contributed by atoms with Gasteiger partial charge in [-0.3, -0.25) is 9.69 Å². The smallest absolute Gasteiger partial charge is 0.261 e. The quantitative estimate of drug-likeness (QED) is 0.451. The molecule has 1 aromatic heterocycles. The van der Waals surface area contributed by atoms with Crippen LogP contribution in [-0.4, -0.2) is 34.9 Å². The highest BCUT2D eigenvalue weighted by Gasteiger charge is 2.39. The predicted octanol–water partition coefficient (Wildman–Crippen LogP) is 4.68. The molecule has 0 bridgehead atoms. The number of fused-ring (bicyclic) bond motifs is 1. The predicted molar refractivity (Wildman–Crippen MR) is 125 cm³/mol. The molecule has 166 valence electrons. The summed E-state index contributed by atoms with van der Waals surface area (Å²) in [5.41, 5.74) is 2.66. The van der Waals surface area contributed by atoms with Gasteiger partial charge in [-0.15, -0.1) is 0 Å². The number of hydrogen-bond acceptors (Lipinski definition) is 5. The zero-order valence-corrected chi connectivity index (χ0v) is 18.5. The van der Waals surface area contributed by atoms with E-state index in [0.717, 1.165) is 11.1 Å². The molecule has 0 radical (unpaired) electrons. The molecule has 0 fully saturated rings. The lowest BCUT2D eigenvalue weighted by molar-refractivity contribution is 0.0963. The second-order valence-electron chi connectivity index (χ2n) is 7.84. The van der Waals surface area contributed by atoms with Gasteiger partial charge in [0.15, 0.2) is 11.5 Å². The fraction of sp³-hybridized carbons (Fsp3) is 0.192. The van der Waals surface area contributed by atoms with Gasteiger partial charge in [0, 0.05) is 5.56 Å². The number of hydrogen-bond donors (Lipinski definition) is 0. The van der Waals surface area contributed by atoms with Crippen molar-refractivity contribution in [2.24, 2.45) is 0 Å². The lowest BCUT2D eigenvalue weighted by Gasteiger charge is -2.39. The number of benzene rings is 3. The summed E-state index contributed by atoms with van der Waals surface area (Å²) in [6, 6.07) is 25.2. The molecular weight excluding hydrogens is 416 g/mol. The van der Waals surface area contributed by atoms with Gasteiger partial charge in [0.05, 0.1) is 26.3 Å². The second-order valence-corrected chi connectivity index (χ2v) is 7.84. The van der Waals surface area contributed by atoms with E-state index in [1.807, 2.05) is 53.2 Å². The van der Waals surface area contributed by atoms with Crippen LogP contribution in [0.4, 0.5) is 5.95 Å². The number of nitrogens with zero attached hydrogens (tertiary/aromatic N) is 4. The average molecular weight is 441 g/mol. The maximum atomic E-state index is 13.9. The van der Waals surface area contributed by atoms with Crippen LogP contribution in [-0.2, 0) is 0 Å². The van der Waals surface area contributed by atoms with Gasteiger partial charge in [-0.2, -0.15) is 10.1 Å². The van der Waals surface area contributed by atoms with Crippen LogP contribution in [0.5, 0.6) is 11.5 Å². The molecule has 0 N–H and O–H groups in total. The zero-order chi connectivity index (χ0) is 22.8. The van der Waals surface area contributed by atoms with E-state index in [1.165, 1.54) is 6.33 Å². The minimum atomic E-state index is -0.214. The SMILES string of the molecule is COc1ccc(C(=O)N2c3ncnn3[C@H](c3ccccc3)C[C@@H]2c2ccccc2)cc1OC. The first-order valence-corrected chi connectivity index (χ1v) is 10.8. The standard InChI is InChI=1S/C26H24N4O3/c1-32-23-14-13-20(15-24(23)33-2)25(31)29-21(18-9-5-3-6-10-18)16-22(19-11-7-4-8-12-19)30-26(29)27-17-28-30/h3-15,17,21-22H,16H2,1-2H3/t21-,22+/m1/s1. The summed E-state index contributed by atoms with van der Waals surface area (Å²) in [7, 11) is 3.13. The summed E-state index contributed by atoms with van der Waals surface area (Å²) in [4.78, 5) is 20.2. The van der Waals surface area contributed by atoms with Crippen molar-refractivity contribution in [3.63, 3.8) is 0 Å². The largest absolute Gasteiger partial charge is 0.493 e. The van der Waals surface area contributed by atoms with E-state index in [2.05, 4.69) is 22.2 Å². The van der Waals surface area contributed by atoms with Crippen LogP contribution in [0.1, 0.15) is 40.0 Å². The van der Waals surface area contributed by atoms with E-state index in [1.54, 1.807) is 37.3 Å². The molecule has 1 amide bonds. The number of carbonyl (C=O) groups excluding carboxylic acids is 1. The summed E-state index contributed by atoms with van der Waals surface area (Å²) in [6.07, 6.45) is 2.18. The topological polar surface area (TPSA) is 69.5 Å². The Morgan fingerprint density at radius 3 is 2.12 bits per heavy atom. The number of methoxy groups -OCH3 is 2. The highest BCUT2D eigenvalue weighted by atomic mass is 16.5. The molecule has 3 aromatic carbocycles. The Morgan fingerprint density at radius 2 is 1.48 bits per heavy atom. The van der Waals surface area contributed by atoms with E-state index in [-0.39, 0.29) is 18.0 Å². The van der Waals surface area contributed by atoms with Crippen molar-refractivity contribution in [1.29, 1.82) is 0 Å². The third-order valence-electron chi connectivity index (χ3n) is 6.04. The number of anilines is 1. The van der Waals surface area contributed by atoms with Crippen LogP contribution >= 0.6 is 0 Å². The Kier molecular flexibility index (Phi) is 5.52. The van der Waals surface area contributed by atoms with Gasteiger partial charge in [0.25, 0.3) is 5.91 Å². The van der Waals surface area contributed by atoms with Gasteiger partial charge < -0.3 is 9.47 Å².